The van der Waals surface area contributed by atoms with E-state index in [1.165, 1.54) is 12.0 Å². The number of hydrogen-bond acceptors (Lipinski definition) is 2. The monoisotopic (exact) mass is 350 g/mol. The number of carbonyl (C=O) groups is 2. The number of nitrogens with zero attached hydrogens (tertiary/aromatic N) is 1. The summed E-state index contributed by atoms with van der Waals surface area (Å²) in [5.74, 6) is 0.426. The molecule has 1 heterocycles. The second-order valence-corrected chi connectivity index (χ2v) is 7.07. The minimum Gasteiger partial charge on any atom is -0.352 e. The average molecular weight is 350 g/mol. The molecule has 1 fully saturated rings. The fourth-order valence-corrected chi connectivity index (χ4v) is 3.42. The summed E-state index contributed by atoms with van der Waals surface area (Å²) >= 11 is 0. The Morgan fingerprint density at radius 1 is 1.08 bits per heavy atom. The van der Waals surface area contributed by atoms with Crippen LogP contribution in [-0.2, 0) is 6.42 Å². The molecule has 0 saturated carbocycles. The number of hydrogen-bond donors (Lipinski definition) is 1. The first-order chi connectivity index (χ1) is 12.6. The predicted octanol–water partition coefficient (Wildman–Crippen LogP) is 3.53. The Balaban J connectivity index is 1.59. The van der Waals surface area contributed by atoms with Crippen LogP contribution in [0.5, 0.6) is 0 Å². The molecule has 1 saturated heterocycles. The molecule has 0 aromatic heterocycles. The first kappa shape index (κ1) is 18.2. The highest BCUT2D eigenvalue weighted by molar-refractivity contribution is 5.99. The molecule has 0 spiro atoms. The Bertz CT molecular complexity index is 758. The molecule has 26 heavy (non-hydrogen) atoms. The van der Waals surface area contributed by atoms with E-state index in [1.807, 2.05) is 35.2 Å². The van der Waals surface area contributed by atoms with Crippen molar-refractivity contribution in [2.75, 3.05) is 19.6 Å². The van der Waals surface area contributed by atoms with Crippen LogP contribution in [0.4, 0.5) is 0 Å². The average Bonchev–Trinajstić information content (AvgIpc) is 2.68. The lowest BCUT2D eigenvalue weighted by atomic mass is 9.99. The van der Waals surface area contributed by atoms with Gasteiger partial charge in [-0.25, -0.2) is 0 Å². The highest BCUT2D eigenvalue weighted by Gasteiger charge is 2.22. The summed E-state index contributed by atoms with van der Waals surface area (Å²) in [7, 11) is 0. The molecule has 0 bridgehead atoms. The molecule has 0 aliphatic carbocycles. The summed E-state index contributed by atoms with van der Waals surface area (Å²) < 4.78 is 0. The fourth-order valence-electron chi connectivity index (χ4n) is 3.42. The van der Waals surface area contributed by atoms with Crippen LogP contribution in [0, 0.1) is 5.92 Å². The van der Waals surface area contributed by atoms with E-state index in [4.69, 9.17) is 0 Å². The smallest absolute Gasteiger partial charge is 0.253 e. The summed E-state index contributed by atoms with van der Waals surface area (Å²) in [6.45, 7) is 4.35. The maximum Gasteiger partial charge on any atom is 0.253 e. The van der Waals surface area contributed by atoms with Crippen LogP contribution in [0.2, 0.25) is 0 Å². The topological polar surface area (TPSA) is 49.4 Å². The van der Waals surface area contributed by atoms with Gasteiger partial charge in [0.25, 0.3) is 11.8 Å². The number of piperidine rings is 1. The SMILES string of the molecule is CC1CCCN(C(=O)c2cccc(C(=O)NCCc3ccccc3)c2)C1. The molecule has 4 heteroatoms. The van der Waals surface area contributed by atoms with Crippen molar-refractivity contribution in [1.29, 1.82) is 0 Å². The summed E-state index contributed by atoms with van der Waals surface area (Å²) in [5.41, 5.74) is 2.32. The molecule has 1 aliphatic rings. The summed E-state index contributed by atoms with van der Waals surface area (Å²) in [5, 5.41) is 2.94. The van der Waals surface area contributed by atoms with Gasteiger partial charge in [-0.05, 0) is 48.9 Å². The van der Waals surface area contributed by atoms with Gasteiger partial charge in [0.15, 0.2) is 0 Å². The predicted molar refractivity (Wildman–Crippen MR) is 103 cm³/mol. The zero-order valence-electron chi connectivity index (χ0n) is 15.3. The van der Waals surface area contributed by atoms with Crippen molar-refractivity contribution in [2.24, 2.45) is 5.92 Å². The number of benzene rings is 2. The van der Waals surface area contributed by atoms with Crippen LogP contribution in [-0.4, -0.2) is 36.3 Å². The second-order valence-electron chi connectivity index (χ2n) is 7.07. The fraction of sp³-hybridized carbons (Fsp3) is 0.364. The van der Waals surface area contributed by atoms with Gasteiger partial charge in [0.1, 0.15) is 0 Å². The van der Waals surface area contributed by atoms with Gasteiger partial charge < -0.3 is 10.2 Å². The van der Waals surface area contributed by atoms with E-state index in [9.17, 15) is 9.59 Å². The molecule has 1 atom stereocenters. The van der Waals surface area contributed by atoms with Crippen molar-refractivity contribution < 1.29 is 9.59 Å². The number of rotatable bonds is 5. The van der Waals surface area contributed by atoms with Gasteiger partial charge in [0.2, 0.25) is 0 Å². The highest BCUT2D eigenvalue weighted by atomic mass is 16.2. The molecule has 2 amide bonds. The first-order valence-corrected chi connectivity index (χ1v) is 9.35. The Morgan fingerprint density at radius 2 is 1.85 bits per heavy atom. The minimum absolute atomic E-state index is 0.0236. The number of amides is 2. The molecule has 0 radical (unpaired) electrons. The first-order valence-electron chi connectivity index (χ1n) is 9.35. The third-order valence-electron chi connectivity index (χ3n) is 4.86. The zero-order valence-corrected chi connectivity index (χ0v) is 15.3. The molecule has 136 valence electrons. The molecule has 2 aromatic carbocycles. The summed E-state index contributed by atoms with van der Waals surface area (Å²) in [6, 6.07) is 17.1. The molecule has 4 nitrogen and oxygen atoms in total. The van der Waals surface area contributed by atoms with Crippen LogP contribution in [0.1, 0.15) is 46.0 Å². The van der Waals surface area contributed by atoms with E-state index in [0.29, 0.717) is 23.6 Å². The molecule has 2 aromatic rings. The zero-order chi connectivity index (χ0) is 18.4. The molecule has 1 N–H and O–H groups in total. The van der Waals surface area contributed by atoms with Gasteiger partial charge in [0.05, 0.1) is 0 Å². The van der Waals surface area contributed by atoms with E-state index in [0.717, 1.165) is 25.9 Å². The van der Waals surface area contributed by atoms with Crippen molar-refractivity contribution in [2.45, 2.75) is 26.2 Å². The van der Waals surface area contributed by atoms with Crippen molar-refractivity contribution in [3.8, 4) is 0 Å². The van der Waals surface area contributed by atoms with E-state index >= 15 is 0 Å². The van der Waals surface area contributed by atoms with Gasteiger partial charge in [-0.3, -0.25) is 9.59 Å². The van der Waals surface area contributed by atoms with Crippen LogP contribution in [0.15, 0.2) is 54.6 Å². The Hall–Kier alpha value is -2.62. The van der Waals surface area contributed by atoms with Gasteiger partial charge in [-0.1, -0.05) is 43.3 Å². The van der Waals surface area contributed by atoms with E-state index in [-0.39, 0.29) is 11.8 Å². The Kier molecular flexibility index (Phi) is 6.05. The van der Waals surface area contributed by atoms with Crippen molar-refractivity contribution in [3.63, 3.8) is 0 Å². The Labute approximate surface area is 155 Å². The number of carbonyl (C=O) groups excluding carboxylic acids is 2. The van der Waals surface area contributed by atoms with Crippen molar-refractivity contribution in [1.82, 2.24) is 10.2 Å². The van der Waals surface area contributed by atoms with Crippen LogP contribution >= 0.6 is 0 Å². The minimum atomic E-state index is -0.136. The lowest BCUT2D eigenvalue weighted by Gasteiger charge is -2.31. The maximum absolute atomic E-state index is 12.7. The third-order valence-corrected chi connectivity index (χ3v) is 4.86. The standard InChI is InChI=1S/C22H26N2O2/c1-17-7-6-14-24(16-17)22(26)20-11-5-10-19(15-20)21(25)23-13-12-18-8-3-2-4-9-18/h2-5,8-11,15,17H,6-7,12-14,16H2,1H3,(H,23,25). The van der Waals surface area contributed by atoms with Gasteiger partial charge in [0, 0.05) is 30.8 Å². The van der Waals surface area contributed by atoms with Gasteiger partial charge in [-0.2, -0.15) is 0 Å². The van der Waals surface area contributed by atoms with E-state index in [2.05, 4.69) is 12.2 Å². The van der Waals surface area contributed by atoms with Crippen LogP contribution in [0.25, 0.3) is 0 Å². The molecule has 1 unspecified atom stereocenters. The van der Waals surface area contributed by atoms with Crippen LogP contribution in [0.3, 0.4) is 0 Å². The summed E-state index contributed by atoms with van der Waals surface area (Å²) in [4.78, 5) is 27.0. The van der Waals surface area contributed by atoms with E-state index < -0.39 is 0 Å². The largest absolute Gasteiger partial charge is 0.352 e. The molecule has 1 aliphatic heterocycles. The quantitative estimate of drug-likeness (QED) is 0.897. The molecular formula is C22H26N2O2. The molecule has 3 rings (SSSR count). The Morgan fingerprint density at radius 3 is 2.62 bits per heavy atom. The lowest BCUT2D eigenvalue weighted by molar-refractivity contribution is 0.0683. The maximum atomic E-state index is 12.7. The van der Waals surface area contributed by atoms with Gasteiger partial charge >= 0.3 is 0 Å². The van der Waals surface area contributed by atoms with E-state index in [1.54, 1.807) is 24.3 Å². The van der Waals surface area contributed by atoms with Gasteiger partial charge in [-0.15, -0.1) is 0 Å². The second kappa shape index (κ2) is 8.65. The highest BCUT2D eigenvalue weighted by Crippen LogP contribution is 2.18. The van der Waals surface area contributed by atoms with Crippen molar-refractivity contribution in [3.05, 3.63) is 71.3 Å². The van der Waals surface area contributed by atoms with Crippen LogP contribution < -0.4 is 5.32 Å². The molecular weight excluding hydrogens is 324 g/mol. The normalized spacial score (nSPS) is 17.0. The summed E-state index contributed by atoms with van der Waals surface area (Å²) in [6.07, 6.45) is 3.01. The lowest BCUT2D eigenvalue weighted by Crippen LogP contribution is -2.39. The third kappa shape index (κ3) is 4.72. The van der Waals surface area contributed by atoms with Crippen molar-refractivity contribution >= 4 is 11.8 Å². The number of nitrogens with one attached hydrogen (secondary N) is 1. The number of likely N-dealkylation sites (tertiary alicyclic amines) is 1.